The predicted octanol–water partition coefficient (Wildman–Crippen LogP) is 2.84. The molecule has 4 unspecified atom stereocenters. The van der Waals surface area contributed by atoms with E-state index in [0.29, 0.717) is 6.54 Å². The average Bonchev–Trinajstić information content (AvgIpc) is 3.07. The Bertz CT molecular complexity index is 597. The van der Waals surface area contributed by atoms with Gasteiger partial charge in [0.1, 0.15) is 5.54 Å². The van der Waals surface area contributed by atoms with Crippen molar-refractivity contribution in [2.75, 3.05) is 27.2 Å². The van der Waals surface area contributed by atoms with Crippen LogP contribution in [0.2, 0.25) is 0 Å². The number of hydrogen-bond donors (Lipinski definition) is 2. The third kappa shape index (κ3) is 3.64. The number of amides is 1. The summed E-state index contributed by atoms with van der Waals surface area (Å²) in [5, 5.41) is 5.20. The number of hydrogen-bond acceptors (Lipinski definition) is 5. The number of rotatable bonds is 5. The third-order valence-electron chi connectivity index (χ3n) is 6.01. The Labute approximate surface area is 172 Å². The lowest BCUT2D eigenvalue weighted by Crippen LogP contribution is -2.82. The van der Waals surface area contributed by atoms with Crippen molar-refractivity contribution in [3.63, 3.8) is 0 Å². The minimum absolute atomic E-state index is 0. The molecular weight excluding hydrogens is 393 g/mol. The summed E-state index contributed by atoms with van der Waals surface area (Å²) in [6.07, 6.45) is 2.06. The molecule has 1 saturated carbocycles. The lowest BCUT2D eigenvalue weighted by Gasteiger charge is -2.65. The molecule has 4 atom stereocenters. The summed E-state index contributed by atoms with van der Waals surface area (Å²) < 4.78 is 5.89. The highest BCUT2D eigenvalue weighted by molar-refractivity contribution is 7.10. The number of fused-ring (bicyclic) bond motifs is 1. The van der Waals surface area contributed by atoms with Crippen LogP contribution in [-0.2, 0) is 9.53 Å². The molecule has 2 heterocycles. The highest BCUT2D eigenvalue weighted by Crippen LogP contribution is 2.57. The number of carbonyl (C=O) groups excluding carboxylic acids is 1. The smallest absolute Gasteiger partial charge is 0.241 e. The molecule has 3 N–H and O–H groups in total. The molecule has 8 heteroatoms. The van der Waals surface area contributed by atoms with Crippen LogP contribution in [0.5, 0.6) is 0 Å². The minimum atomic E-state index is -0.843. The maximum absolute atomic E-state index is 13.0. The molecule has 150 valence electrons. The van der Waals surface area contributed by atoms with Gasteiger partial charge in [0.15, 0.2) is 0 Å². The maximum Gasteiger partial charge on any atom is 0.241 e. The van der Waals surface area contributed by atoms with E-state index in [2.05, 4.69) is 35.5 Å². The van der Waals surface area contributed by atoms with Crippen LogP contribution in [0.1, 0.15) is 37.6 Å². The third-order valence-corrected chi connectivity index (χ3v) is 6.98. The van der Waals surface area contributed by atoms with Crippen molar-refractivity contribution < 1.29 is 9.53 Å². The number of likely N-dealkylation sites (N-methyl/N-ethyl adjacent to an activating group) is 1. The van der Waals surface area contributed by atoms with Gasteiger partial charge in [-0.1, -0.05) is 19.9 Å². The van der Waals surface area contributed by atoms with E-state index in [0.717, 1.165) is 19.4 Å². The molecule has 1 aliphatic heterocycles. The van der Waals surface area contributed by atoms with E-state index in [1.807, 2.05) is 20.2 Å². The van der Waals surface area contributed by atoms with Crippen LogP contribution < -0.4 is 11.1 Å². The summed E-state index contributed by atoms with van der Waals surface area (Å²) in [7, 11) is 4.07. The Hall–Kier alpha value is -0.370. The first-order valence-electron chi connectivity index (χ1n) is 8.68. The number of nitrogens with one attached hydrogen (secondary N) is 1. The largest absolute Gasteiger partial charge is 0.377 e. The summed E-state index contributed by atoms with van der Waals surface area (Å²) in [5.41, 5.74) is 5.48. The molecule has 3 rings (SSSR count). The van der Waals surface area contributed by atoms with Gasteiger partial charge < -0.3 is 20.7 Å². The SMILES string of the molecule is CN(C)C(CNC(=O)C1(N)C2CCCOC2C1(C)C)c1cccs1.Cl.Cl. The van der Waals surface area contributed by atoms with Gasteiger partial charge in [-0.05, 0) is 38.4 Å². The average molecular weight is 424 g/mol. The van der Waals surface area contributed by atoms with Gasteiger partial charge >= 0.3 is 0 Å². The van der Waals surface area contributed by atoms with E-state index in [4.69, 9.17) is 10.5 Å². The van der Waals surface area contributed by atoms with Crippen LogP contribution in [0.25, 0.3) is 0 Å². The van der Waals surface area contributed by atoms with Gasteiger partial charge in [0, 0.05) is 29.4 Å². The van der Waals surface area contributed by atoms with E-state index in [1.165, 1.54) is 4.88 Å². The monoisotopic (exact) mass is 423 g/mol. The molecule has 26 heavy (non-hydrogen) atoms. The zero-order valence-corrected chi connectivity index (χ0v) is 18.3. The fourth-order valence-corrected chi connectivity index (χ4v) is 5.31. The predicted molar refractivity (Wildman–Crippen MR) is 111 cm³/mol. The molecule has 2 aliphatic rings. The molecule has 5 nitrogen and oxygen atoms in total. The quantitative estimate of drug-likeness (QED) is 0.763. The normalized spacial score (nSPS) is 30.2. The first-order valence-corrected chi connectivity index (χ1v) is 9.56. The Morgan fingerprint density at radius 2 is 2.15 bits per heavy atom. The van der Waals surface area contributed by atoms with Gasteiger partial charge in [-0.3, -0.25) is 4.79 Å². The summed E-state index contributed by atoms with van der Waals surface area (Å²) in [5.74, 6) is 0.0865. The van der Waals surface area contributed by atoms with Crippen LogP contribution >= 0.6 is 36.2 Å². The van der Waals surface area contributed by atoms with Gasteiger partial charge in [-0.25, -0.2) is 0 Å². The maximum atomic E-state index is 13.0. The molecule has 0 radical (unpaired) electrons. The first kappa shape index (κ1) is 23.7. The van der Waals surface area contributed by atoms with Crippen LogP contribution in [0.4, 0.5) is 0 Å². The van der Waals surface area contributed by atoms with E-state index in [9.17, 15) is 4.79 Å². The van der Waals surface area contributed by atoms with Crippen LogP contribution in [-0.4, -0.2) is 49.7 Å². The number of carbonyl (C=O) groups is 1. The lowest BCUT2D eigenvalue weighted by atomic mass is 9.46. The second-order valence-electron chi connectivity index (χ2n) is 7.84. The second-order valence-corrected chi connectivity index (χ2v) is 8.81. The number of thiophene rings is 1. The highest BCUT2D eigenvalue weighted by Gasteiger charge is 2.70. The number of nitrogens with zero attached hydrogens (tertiary/aromatic N) is 1. The molecule has 1 aromatic heterocycles. The van der Waals surface area contributed by atoms with E-state index in [-0.39, 0.29) is 54.2 Å². The van der Waals surface area contributed by atoms with E-state index >= 15 is 0 Å². The van der Waals surface area contributed by atoms with Crippen LogP contribution in [0.15, 0.2) is 17.5 Å². The lowest BCUT2D eigenvalue weighted by molar-refractivity contribution is -0.225. The minimum Gasteiger partial charge on any atom is -0.377 e. The number of nitrogens with two attached hydrogens (primary N) is 1. The molecule has 2 fully saturated rings. The Morgan fingerprint density at radius 1 is 1.46 bits per heavy atom. The topological polar surface area (TPSA) is 67.6 Å². The van der Waals surface area contributed by atoms with Crippen molar-refractivity contribution in [3.05, 3.63) is 22.4 Å². The summed E-state index contributed by atoms with van der Waals surface area (Å²) in [4.78, 5) is 16.4. The van der Waals surface area contributed by atoms with Crippen molar-refractivity contribution in [2.24, 2.45) is 17.1 Å². The molecule has 1 amide bonds. The summed E-state index contributed by atoms with van der Waals surface area (Å²) >= 11 is 1.71. The first-order chi connectivity index (χ1) is 11.3. The van der Waals surface area contributed by atoms with Gasteiger partial charge in [-0.2, -0.15) is 0 Å². The Kier molecular flexibility index (Phi) is 7.97. The van der Waals surface area contributed by atoms with Gasteiger partial charge in [-0.15, -0.1) is 36.2 Å². The van der Waals surface area contributed by atoms with Crippen molar-refractivity contribution in [3.8, 4) is 0 Å². The van der Waals surface area contributed by atoms with Crippen molar-refractivity contribution >= 4 is 42.1 Å². The van der Waals surface area contributed by atoms with Gasteiger partial charge in [0.2, 0.25) is 5.91 Å². The highest BCUT2D eigenvalue weighted by atomic mass is 35.5. The molecule has 1 aliphatic carbocycles. The standard InChI is InChI=1S/C18H29N3O2S.2ClH/c1-17(2)15-12(7-5-9-23-15)18(17,19)16(22)20-11-13(21(3)4)14-8-6-10-24-14;;/h6,8,10,12-13,15H,5,7,9,11,19H2,1-4H3,(H,20,22);2*1H. The molecule has 1 aromatic rings. The summed E-state index contributed by atoms with van der Waals surface area (Å²) in [6.45, 7) is 5.46. The molecule has 0 aromatic carbocycles. The summed E-state index contributed by atoms with van der Waals surface area (Å²) in [6, 6.07) is 4.32. The van der Waals surface area contributed by atoms with Gasteiger partial charge in [0.25, 0.3) is 0 Å². The second kappa shape index (κ2) is 8.76. The number of ether oxygens (including phenoxy) is 1. The van der Waals surface area contributed by atoms with Crippen LogP contribution in [0, 0.1) is 11.3 Å². The fraction of sp³-hybridized carbons (Fsp3) is 0.722. The molecular formula is C18H31Cl2N3O2S. The van der Waals surface area contributed by atoms with E-state index < -0.39 is 5.54 Å². The van der Waals surface area contributed by atoms with Crippen LogP contribution in [0.3, 0.4) is 0 Å². The van der Waals surface area contributed by atoms with Crippen molar-refractivity contribution in [2.45, 2.75) is 44.4 Å². The Balaban J connectivity index is 0.00000169. The van der Waals surface area contributed by atoms with Gasteiger partial charge in [0.05, 0.1) is 12.1 Å². The Morgan fingerprint density at radius 3 is 2.73 bits per heavy atom. The van der Waals surface area contributed by atoms with Crippen molar-refractivity contribution in [1.29, 1.82) is 0 Å². The van der Waals surface area contributed by atoms with E-state index in [1.54, 1.807) is 11.3 Å². The molecule has 0 bridgehead atoms. The fourth-order valence-electron chi connectivity index (χ4n) is 4.39. The molecule has 1 saturated heterocycles. The zero-order chi connectivity index (χ0) is 17.5. The zero-order valence-electron chi connectivity index (χ0n) is 15.9. The molecule has 0 spiro atoms. The van der Waals surface area contributed by atoms with Crippen molar-refractivity contribution in [1.82, 2.24) is 10.2 Å². The number of halogens is 2.